The van der Waals surface area contributed by atoms with E-state index in [-0.39, 0.29) is 11.3 Å². The van der Waals surface area contributed by atoms with Crippen molar-refractivity contribution >= 4 is 17.4 Å². The van der Waals surface area contributed by atoms with Gasteiger partial charge in [-0.3, -0.25) is 9.59 Å². The van der Waals surface area contributed by atoms with Crippen molar-refractivity contribution in [3.05, 3.63) is 64.7 Å². The SMILES string of the molecule is COc1ccc(/C(O)=C2/C(=O)C(=O)NC2c2ccc(C(C)C)cc2)cc1OC. The fourth-order valence-corrected chi connectivity index (χ4v) is 3.23. The molecule has 1 saturated heterocycles. The first kappa shape index (κ1) is 19.5. The molecule has 0 bridgehead atoms. The van der Waals surface area contributed by atoms with Gasteiger partial charge in [-0.05, 0) is 35.2 Å². The Labute approximate surface area is 163 Å². The van der Waals surface area contributed by atoms with Gasteiger partial charge in [0.25, 0.3) is 11.7 Å². The van der Waals surface area contributed by atoms with Gasteiger partial charge < -0.3 is 19.9 Å². The zero-order chi connectivity index (χ0) is 20.4. The molecule has 1 unspecified atom stereocenters. The molecular formula is C22H23NO5. The van der Waals surface area contributed by atoms with Crippen molar-refractivity contribution in [2.24, 2.45) is 0 Å². The highest BCUT2D eigenvalue weighted by molar-refractivity contribution is 6.46. The number of nitrogens with one attached hydrogen (secondary N) is 1. The van der Waals surface area contributed by atoms with Gasteiger partial charge >= 0.3 is 0 Å². The summed E-state index contributed by atoms with van der Waals surface area (Å²) in [5.41, 5.74) is 2.26. The Bertz CT molecular complexity index is 944. The third-order valence-corrected chi connectivity index (χ3v) is 4.86. The molecule has 6 heteroatoms. The summed E-state index contributed by atoms with van der Waals surface area (Å²) in [6.07, 6.45) is 0. The zero-order valence-corrected chi connectivity index (χ0v) is 16.3. The minimum Gasteiger partial charge on any atom is -0.507 e. The summed E-state index contributed by atoms with van der Waals surface area (Å²) >= 11 is 0. The first-order chi connectivity index (χ1) is 13.4. The zero-order valence-electron chi connectivity index (χ0n) is 16.3. The summed E-state index contributed by atoms with van der Waals surface area (Å²) in [5, 5.41) is 13.5. The molecule has 2 aromatic carbocycles. The third-order valence-electron chi connectivity index (χ3n) is 4.86. The lowest BCUT2D eigenvalue weighted by atomic mass is 9.93. The molecule has 146 valence electrons. The van der Waals surface area contributed by atoms with Crippen LogP contribution in [0.4, 0.5) is 0 Å². The van der Waals surface area contributed by atoms with Crippen LogP contribution in [0, 0.1) is 0 Å². The van der Waals surface area contributed by atoms with Crippen molar-refractivity contribution in [2.75, 3.05) is 14.2 Å². The van der Waals surface area contributed by atoms with E-state index in [1.165, 1.54) is 14.2 Å². The number of carbonyl (C=O) groups excluding carboxylic acids is 2. The van der Waals surface area contributed by atoms with Crippen LogP contribution in [0.3, 0.4) is 0 Å². The van der Waals surface area contributed by atoms with Crippen LogP contribution in [0.2, 0.25) is 0 Å². The maximum atomic E-state index is 12.5. The number of methoxy groups -OCH3 is 2. The van der Waals surface area contributed by atoms with Crippen LogP contribution in [-0.2, 0) is 9.59 Å². The average molecular weight is 381 g/mol. The van der Waals surface area contributed by atoms with E-state index >= 15 is 0 Å². The smallest absolute Gasteiger partial charge is 0.293 e. The summed E-state index contributed by atoms with van der Waals surface area (Å²) in [5.74, 6) is -0.469. The van der Waals surface area contributed by atoms with E-state index in [0.29, 0.717) is 23.0 Å². The first-order valence-corrected chi connectivity index (χ1v) is 8.98. The molecule has 3 rings (SSSR count). The van der Waals surface area contributed by atoms with Crippen molar-refractivity contribution in [3.8, 4) is 11.5 Å². The molecule has 0 radical (unpaired) electrons. The second-order valence-electron chi connectivity index (χ2n) is 6.89. The van der Waals surface area contributed by atoms with Gasteiger partial charge in [0.2, 0.25) is 0 Å². The molecular weight excluding hydrogens is 358 g/mol. The predicted octanol–water partition coefficient (Wildman–Crippen LogP) is 3.54. The standard InChI is InChI=1S/C22H23NO5/c1-12(2)13-5-7-14(8-6-13)19-18(21(25)22(26)23-19)20(24)15-9-10-16(27-3)17(11-15)28-4/h5-12,19,24H,1-4H3,(H,23,26)/b20-18-. The van der Waals surface area contributed by atoms with Gasteiger partial charge in [-0.2, -0.15) is 0 Å². The number of hydrogen-bond donors (Lipinski definition) is 2. The molecule has 0 saturated carbocycles. The summed E-state index contributed by atoms with van der Waals surface area (Å²) in [7, 11) is 2.99. The van der Waals surface area contributed by atoms with Gasteiger partial charge in [0.05, 0.1) is 25.8 Å². The van der Waals surface area contributed by atoms with E-state index in [2.05, 4.69) is 19.2 Å². The minimum atomic E-state index is -0.745. The molecule has 0 aliphatic carbocycles. The van der Waals surface area contributed by atoms with Gasteiger partial charge in [-0.25, -0.2) is 0 Å². The number of aliphatic hydroxyl groups is 1. The van der Waals surface area contributed by atoms with Gasteiger partial charge in [-0.1, -0.05) is 38.1 Å². The van der Waals surface area contributed by atoms with Gasteiger partial charge in [-0.15, -0.1) is 0 Å². The number of aliphatic hydroxyl groups excluding tert-OH is 1. The second kappa shape index (κ2) is 7.76. The van der Waals surface area contributed by atoms with Crippen LogP contribution in [0.1, 0.15) is 42.5 Å². The average Bonchev–Trinajstić information content (AvgIpc) is 3.01. The maximum Gasteiger partial charge on any atom is 0.293 e. The van der Waals surface area contributed by atoms with Crippen LogP contribution in [-0.4, -0.2) is 31.0 Å². The molecule has 2 aromatic rings. The Kier molecular flexibility index (Phi) is 5.40. The lowest BCUT2D eigenvalue weighted by Crippen LogP contribution is -2.21. The van der Waals surface area contributed by atoms with E-state index in [1.54, 1.807) is 18.2 Å². The third kappa shape index (κ3) is 3.45. The molecule has 0 spiro atoms. The Morgan fingerprint density at radius 3 is 2.21 bits per heavy atom. The van der Waals surface area contributed by atoms with E-state index in [0.717, 1.165) is 11.1 Å². The summed E-state index contributed by atoms with van der Waals surface area (Å²) < 4.78 is 10.5. The lowest BCUT2D eigenvalue weighted by molar-refractivity contribution is -0.133. The van der Waals surface area contributed by atoms with Crippen molar-refractivity contribution in [3.63, 3.8) is 0 Å². The van der Waals surface area contributed by atoms with Crippen molar-refractivity contribution in [1.29, 1.82) is 0 Å². The monoisotopic (exact) mass is 381 g/mol. The number of hydrogen-bond acceptors (Lipinski definition) is 5. The topological polar surface area (TPSA) is 84.9 Å². The number of carbonyl (C=O) groups is 2. The van der Waals surface area contributed by atoms with Crippen molar-refractivity contribution in [1.82, 2.24) is 5.32 Å². The Balaban J connectivity index is 2.07. The minimum absolute atomic E-state index is 0.0227. The van der Waals surface area contributed by atoms with E-state index in [4.69, 9.17) is 9.47 Å². The summed E-state index contributed by atoms with van der Waals surface area (Å²) in [4.78, 5) is 24.5. The van der Waals surface area contributed by atoms with Crippen LogP contribution in [0.15, 0.2) is 48.0 Å². The highest BCUT2D eigenvalue weighted by Gasteiger charge is 2.39. The number of Topliss-reactive ketones (excluding diaryl/α,β-unsaturated/α-hetero) is 1. The van der Waals surface area contributed by atoms with Gasteiger partial charge in [0, 0.05) is 5.56 Å². The van der Waals surface area contributed by atoms with Crippen LogP contribution in [0.25, 0.3) is 5.76 Å². The van der Waals surface area contributed by atoms with Crippen molar-refractivity contribution < 1.29 is 24.2 Å². The van der Waals surface area contributed by atoms with Crippen LogP contribution >= 0.6 is 0 Å². The predicted molar refractivity (Wildman–Crippen MR) is 106 cm³/mol. The second-order valence-corrected chi connectivity index (χ2v) is 6.89. The highest BCUT2D eigenvalue weighted by Crippen LogP contribution is 2.36. The molecule has 1 aliphatic heterocycles. The van der Waals surface area contributed by atoms with Crippen LogP contribution < -0.4 is 14.8 Å². The molecule has 1 heterocycles. The molecule has 1 fully saturated rings. The number of amides is 1. The molecule has 1 atom stereocenters. The van der Waals surface area contributed by atoms with E-state index in [1.807, 2.05) is 24.3 Å². The van der Waals surface area contributed by atoms with Gasteiger partial charge in [0.1, 0.15) is 5.76 Å². The normalized spacial score (nSPS) is 18.2. The van der Waals surface area contributed by atoms with E-state index < -0.39 is 17.7 Å². The number of rotatable bonds is 5. The molecule has 6 nitrogen and oxygen atoms in total. The lowest BCUT2D eigenvalue weighted by Gasteiger charge is -2.16. The summed E-state index contributed by atoms with van der Waals surface area (Å²) in [6.45, 7) is 4.17. The number of benzene rings is 2. The van der Waals surface area contributed by atoms with Crippen LogP contribution in [0.5, 0.6) is 11.5 Å². The first-order valence-electron chi connectivity index (χ1n) is 8.98. The fourth-order valence-electron chi connectivity index (χ4n) is 3.23. The Morgan fingerprint density at radius 1 is 1.00 bits per heavy atom. The maximum absolute atomic E-state index is 12.5. The molecule has 2 N–H and O–H groups in total. The molecule has 1 aliphatic rings. The number of ether oxygens (including phenoxy) is 2. The van der Waals surface area contributed by atoms with Crippen molar-refractivity contribution in [2.45, 2.75) is 25.8 Å². The highest BCUT2D eigenvalue weighted by atomic mass is 16.5. The molecule has 1 amide bonds. The quantitative estimate of drug-likeness (QED) is 0.470. The number of ketones is 1. The van der Waals surface area contributed by atoms with E-state index in [9.17, 15) is 14.7 Å². The Hall–Kier alpha value is -3.28. The largest absolute Gasteiger partial charge is 0.507 e. The van der Waals surface area contributed by atoms with Gasteiger partial charge in [0.15, 0.2) is 11.5 Å². The summed E-state index contributed by atoms with van der Waals surface area (Å²) in [6, 6.07) is 11.7. The Morgan fingerprint density at radius 2 is 1.64 bits per heavy atom. The fraction of sp³-hybridized carbons (Fsp3) is 0.273. The molecule has 0 aromatic heterocycles. The molecule has 28 heavy (non-hydrogen) atoms.